The third-order valence-corrected chi connectivity index (χ3v) is 5.42. The maximum atomic E-state index is 12.9. The average molecular weight is 348 g/mol. The SMILES string of the molecule is O=C(CCNS(=O)(=O)c1ccc(F)cc1)N1CCc2ccccc21. The minimum Gasteiger partial charge on any atom is -0.312 e. The molecule has 3 rings (SSSR count). The molecule has 1 aliphatic rings. The minimum atomic E-state index is -3.74. The van der Waals surface area contributed by atoms with Gasteiger partial charge in [0.2, 0.25) is 15.9 Å². The summed E-state index contributed by atoms with van der Waals surface area (Å²) in [6.45, 7) is 0.611. The molecule has 0 bridgehead atoms. The van der Waals surface area contributed by atoms with E-state index in [-0.39, 0.29) is 23.8 Å². The summed E-state index contributed by atoms with van der Waals surface area (Å²) in [5.41, 5.74) is 2.02. The third kappa shape index (κ3) is 3.47. The molecule has 0 atom stereocenters. The highest BCUT2D eigenvalue weighted by molar-refractivity contribution is 7.89. The minimum absolute atomic E-state index is 0.00277. The van der Waals surface area contributed by atoms with Crippen molar-refractivity contribution in [1.29, 1.82) is 0 Å². The van der Waals surface area contributed by atoms with Crippen molar-refractivity contribution in [2.24, 2.45) is 0 Å². The van der Waals surface area contributed by atoms with Crippen molar-refractivity contribution in [3.05, 3.63) is 59.9 Å². The Morgan fingerprint density at radius 2 is 1.83 bits per heavy atom. The van der Waals surface area contributed by atoms with Crippen molar-refractivity contribution in [3.8, 4) is 0 Å². The zero-order valence-electron chi connectivity index (χ0n) is 12.9. The van der Waals surface area contributed by atoms with Crippen LogP contribution in [0.25, 0.3) is 0 Å². The highest BCUT2D eigenvalue weighted by atomic mass is 32.2. The quantitative estimate of drug-likeness (QED) is 0.900. The monoisotopic (exact) mass is 348 g/mol. The fourth-order valence-corrected chi connectivity index (χ4v) is 3.75. The molecule has 24 heavy (non-hydrogen) atoms. The lowest BCUT2D eigenvalue weighted by Gasteiger charge is -2.17. The Morgan fingerprint density at radius 1 is 1.12 bits per heavy atom. The zero-order chi connectivity index (χ0) is 17.2. The molecule has 1 aliphatic heterocycles. The number of benzene rings is 2. The van der Waals surface area contributed by atoms with Gasteiger partial charge < -0.3 is 4.90 Å². The summed E-state index contributed by atoms with van der Waals surface area (Å²) in [4.78, 5) is 14.0. The van der Waals surface area contributed by atoms with Gasteiger partial charge in [0.05, 0.1) is 4.90 Å². The van der Waals surface area contributed by atoms with Gasteiger partial charge >= 0.3 is 0 Å². The molecule has 1 amide bonds. The molecule has 0 radical (unpaired) electrons. The Morgan fingerprint density at radius 3 is 2.58 bits per heavy atom. The summed E-state index contributed by atoms with van der Waals surface area (Å²) in [5.74, 6) is -0.626. The molecule has 1 N–H and O–H groups in total. The van der Waals surface area contributed by atoms with Crippen LogP contribution < -0.4 is 9.62 Å². The molecule has 0 aliphatic carbocycles. The average Bonchev–Trinajstić information content (AvgIpc) is 2.99. The van der Waals surface area contributed by atoms with Gasteiger partial charge in [-0.2, -0.15) is 0 Å². The lowest BCUT2D eigenvalue weighted by atomic mass is 10.2. The first-order valence-corrected chi connectivity index (χ1v) is 9.09. The van der Waals surface area contributed by atoms with Crippen LogP contribution in [0.5, 0.6) is 0 Å². The number of hydrogen-bond acceptors (Lipinski definition) is 3. The van der Waals surface area contributed by atoms with E-state index in [4.69, 9.17) is 0 Å². The molecule has 0 saturated heterocycles. The summed E-state index contributed by atoms with van der Waals surface area (Å²) >= 11 is 0. The molecule has 2 aromatic carbocycles. The Bertz CT molecular complexity index is 850. The number of amides is 1. The normalized spacial score (nSPS) is 13.8. The van der Waals surface area contributed by atoms with E-state index in [0.717, 1.165) is 29.8 Å². The fourth-order valence-electron chi connectivity index (χ4n) is 2.72. The number of nitrogens with zero attached hydrogens (tertiary/aromatic N) is 1. The van der Waals surface area contributed by atoms with Crippen LogP contribution in [0.1, 0.15) is 12.0 Å². The molecule has 126 valence electrons. The second-order valence-electron chi connectivity index (χ2n) is 5.53. The molecular weight excluding hydrogens is 331 g/mol. The van der Waals surface area contributed by atoms with Crippen LogP contribution in [0.4, 0.5) is 10.1 Å². The van der Waals surface area contributed by atoms with Crippen molar-refractivity contribution < 1.29 is 17.6 Å². The highest BCUT2D eigenvalue weighted by Gasteiger charge is 2.24. The zero-order valence-corrected chi connectivity index (χ0v) is 13.7. The molecule has 5 nitrogen and oxygen atoms in total. The van der Waals surface area contributed by atoms with Crippen LogP contribution in [0, 0.1) is 5.82 Å². The van der Waals surface area contributed by atoms with E-state index in [1.165, 1.54) is 12.1 Å². The van der Waals surface area contributed by atoms with Gasteiger partial charge in [0.1, 0.15) is 5.82 Å². The van der Waals surface area contributed by atoms with Gasteiger partial charge in [0.25, 0.3) is 0 Å². The number of para-hydroxylation sites is 1. The summed E-state index contributed by atoms with van der Waals surface area (Å²) in [6, 6.07) is 12.2. The predicted octanol–water partition coefficient (Wildman–Crippen LogP) is 2.08. The van der Waals surface area contributed by atoms with E-state index in [2.05, 4.69) is 4.72 Å². The van der Waals surface area contributed by atoms with Gasteiger partial charge in [-0.05, 0) is 42.3 Å². The summed E-state index contributed by atoms with van der Waals surface area (Å²) in [6.07, 6.45) is 0.873. The van der Waals surface area contributed by atoms with Gasteiger partial charge in [-0.3, -0.25) is 4.79 Å². The standard InChI is InChI=1S/C17H17FN2O3S/c18-14-5-7-15(8-6-14)24(22,23)19-11-9-17(21)20-12-10-13-3-1-2-4-16(13)20/h1-8,19H,9-12H2. The van der Waals surface area contributed by atoms with Crippen LogP contribution in [-0.4, -0.2) is 27.4 Å². The number of rotatable bonds is 5. The second kappa shape index (κ2) is 6.70. The van der Waals surface area contributed by atoms with Crippen molar-refractivity contribution in [2.75, 3.05) is 18.0 Å². The highest BCUT2D eigenvalue weighted by Crippen LogP contribution is 2.27. The lowest BCUT2D eigenvalue weighted by molar-refractivity contribution is -0.118. The fraction of sp³-hybridized carbons (Fsp3) is 0.235. The number of halogens is 1. The molecule has 1 heterocycles. The first-order chi connectivity index (χ1) is 11.5. The van der Waals surface area contributed by atoms with Crippen LogP contribution in [0.15, 0.2) is 53.4 Å². The number of anilines is 1. The number of carbonyl (C=O) groups excluding carboxylic acids is 1. The summed E-state index contributed by atoms with van der Waals surface area (Å²) < 4.78 is 39.4. The lowest BCUT2D eigenvalue weighted by Crippen LogP contribution is -2.33. The molecule has 0 saturated carbocycles. The largest absolute Gasteiger partial charge is 0.312 e. The molecule has 0 unspecified atom stereocenters. The summed E-state index contributed by atoms with van der Waals surface area (Å²) in [7, 11) is -3.74. The number of hydrogen-bond donors (Lipinski definition) is 1. The maximum Gasteiger partial charge on any atom is 0.240 e. The molecule has 0 spiro atoms. The van der Waals surface area contributed by atoms with Gasteiger partial charge in [0, 0.05) is 25.2 Å². The Balaban J connectivity index is 1.59. The molecule has 2 aromatic rings. The summed E-state index contributed by atoms with van der Waals surface area (Å²) in [5, 5.41) is 0. The van der Waals surface area contributed by atoms with Crippen LogP contribution in [-0.2, 0) is 21.2 Å². The van der Waals surface area contributed by atoms with Crippen LogP contribution >= 0.6 is 0 Å². The number of carbonyl (C=O) groups is 1. The van der Waals surface area contributed by atoms with Crippen molar-refractivity contribution in [1.82, 2.24) is 4.72 Å². The number of sulfonamides is 1. The van der Waals surface area contributed by atoms with E-state index in [1.807, 2.05) is 24.3 Å². The van der Waals surface area contributed by atoms with E-state index >= 15 is 0 Å². The van der Waals surface area contributed by atoms with Crippen LogP contribution in [0.2, 0.25) is 0 Å². The third-order valence-electron chi connectivity index (χ3n) is 3.94. The molecule has 0 fully saturated rings. The van der Waals surface area contributed by atoms with Gasteiger partial charge in [-0.15, -0.1) is 0 Å². The first-order valence-electron chi connectivity index (χ1n) is 7.61. The van der Waals surface area contributed by atoms with Crippen molar-refractivity contribution >= 4 is 21.6 Å². The van der Waals surface area contributed by atoms with Gasteiger partial charge in [-0.25, -0.2) is 17.5 Å². The topological polar surface area (TPSA) is 66.5 Å². The van der Waals surface area contributed by atoms with E-state index in [1.54, 1.807) is 4.90 Å². The first kappa shape index (κ1) is 16.6. The predicted molar refractivity (Wildman–Crippen MR) is 88.7 cm³/mol. The van der Waals surface area contributed by atoms with Crippen LogP contribution in [0.3, 0.4) is 0 Å². The van der Waals surface area contributed by atoms with Crippen molar-refractivity contribution in [2.45, 2.75) is 17.7 Å². The maximum absolute atomic E-state index is 12.9. The molecule has 0 aromatic heterocycles. The Kier molecular flexibility index (Phi) is 4.64. The van der Waals surface area contributed by atoms with Gasteiger partial charge in [0.15, 0.2) is 0 Å². The molecular formula is C17H17FN2O3S. The Hall–Kier alpha value is -2.25. The number of nitrogens with one attached hydrogen (secondary N) is 1. The second-order valence-corrected chi connectivity index (χ2v) is 7.29. The van der Waals surface area contributed by atoms with E-state index in [0.29, 0.717) is 6.54 Å². The Labute approximate surface area is 140 Å². The molecule has 7 heteroatoms. The van der Waals surface area contributed by atoms with Crippen molar-refractivity contribution in [3.63, 3.8) is 0 Å². The van der Waals surface area contributed by atoms with Gasteiger partial charge in [-0.1, -0.05) is 18.2 Å². The van der Waals surface area contributed by atoms with E-state index < -0.39 is 15.8 Å². The smallest absolute Gasteiger partial charge is 0.240 e. The number of fused-ring (bicyclic) bond motifs is 1. The van der Waals surface area contributed by atoms with E-state index in [9.17, 15) is 17.6 Å².